The molecule has 0 spiro atoms. The van der Waals surface area contributed by atoms with Gasteiger partial charge in [0.05, 0.1) is 5.60 Å². The summed E-state index contributed by atoms with van der Waals surface area (Å²) in [6.07, 6.45) is 1.42. The van der Waals surface area contributed by atoms with Crippen LogP contribution in [0.4, 0.5) is 4.39 Å². The topological polar surface area (TPSA) is 20.2 Å². The Morgan fingerprint density at radius 3 is 2.57 bits per heavy atom. The summed E-state index contributed by atoms with van der Waals surface area (Å²) in [5, 5.41) is 10.3. The molecule has 78 valence electrons. The van der Waals surface area contributed by atoms with E-state index in [0.717, 1.165) is 6.42 Å². The van der Waals surface area contributed by atoms with Crippen molar-refractivity contribution < 1.29 is 9.50 Å². The molecule has 1 aromatic carbocycles. The van der Waals surface area contributed by atoms with Crippen molar-refractivity contribution in [1.82, 2.24) is 0 Å². The summed E-state index contributed by atoms with van der Waals surface area (Å²) in [7, 11) is 0. The molecule has 14 heavy (non-hydrogen) atoms. The van der Waals surface area contributed by atoms with Gasteiger partial charge in [0.2, 0.25) is 0 Å². The first-order valence-electron chi connectivity index (χ1n) is 4.64. The third-order valence-electron chi connectivity index (χ3n) is 2.22. The van der Waals surface area contributed by atoms with Crippen LogP contribution in [0.5, 0.6) is 0 Å². The second kappa shape index (κ2) is 4.28. The minimum absolute atomic E-state index is 0.316. The van der Waals surface area contributed by atoms with Crippen LogP contribution in [-0.4, -0.2) is 5.11 Å². The van der Waals surface area contributed by atoms with E-state index < -0.39 is 11.4 Å². The highest BCUT2D eigenvalue weighted by Gasteiger charge is 2.22. The summed E-state index contributed by atoms with van der Waals surface area (Å²) >= 11 is 5.71. The second-order valence-corrected chi connectivity index (χ2v) is 4.12. The van der Waals surface area contributed by atoms with Gasteiger partial charge in [0, 0.05) is 5.02 Å². The molecule has 3 heteroatoms. The van der Waals surface area contributed by atoms with Crippen molar-refractivity contribution in [2.45, 2.75) is 32.3 Å². The Bertz CT molecular complexity index is 303. The largest absolute Gasteiger partial charge is 0.385 e. The molecule has 0 aliphatic carbocycles. The monoisotopic (exact) mass is 216 g/mol. The van der Waals surface area contributed by atoms with E-state index in [9.17, 15) is 9.50 Å². The smallest absolute Gasteiger partial charge is 0.125 e. The van der Waals surface area contributed by atoms with E-state index in [1.54, 1.807) is 13.0 Å². The van der Waals surface area contributed by atoms with Crippen LogP contribution in [-0.2, 0) is 5.60 Å². The first-order chi connectivity index (χ1) is 6.45. The van der Waals surface area contributed by atoms with Crippen molar-refractivity contribution in [3.63, 3.8) is 0 Å². The molecule has 0 amide bonds. The average Bonchev–Trinajstić information content (AvgIpc) is 2.02. The standard InChI is InChI=1S/C11H14ClFO/c1-3-4-11(2,14)8-5-9(12)7-10(13)6-8/h5-7,14H,3-4H2,1-2H3/t11-/m0/s1. The van der Waals surface area contributed by atoms with Crippen LogP contribution in [0, 0.1) is 5.82 Å². The lowest BCUT2D eigenvalue weighted by Crippen LogP contribution is -2.20. The third kappa shape index (κ3) is 2.69. The molecule has 0 saturated heterocycles. The normalized spacial score (nSPS) is 15.2. The van der Waals surface area contributed by atoms with Crippen molar-refractivity contribution in [3.8, 4) is 0 Å². The summed E-state index contributed by atoms with van der Waals surface area (Å²) in [6.45, 7) is 3.64. The third-order valence-corrected chi connectivity index (χ3v) is 2.44. The molecule has 0 aliphatic rings. The molecule has 1 rings (SSSR count). The van der Waals surface area contributed by atoms with Crippen LogP contribution in [0.2, 0.25) is 5.02 Å². The number of hydrogen-bond donors (Lipinski definition) is 1. The van der Waals surface area contributed by atoms with Gasteiger partial charge in [0.15, 0.2) is 0 Å². The molecule has 1 nitrogen and oxygen atoms in total. The van der Waals surface area contributed by atoms with E-state index >= 15 is 0 Å². The minimum atomic E-state index is -1.000. The maximum Gasteiger partial charge on any atom is 0.125 e. The number of hydrogen-bond acceptors (Lipinski definition) is 1. The average molecular weight is 217 g/mol. The van der Waals surface area contributed by atoms with Gasteiger partial charge in [-0.15, -0.1) is 0 Å². The van der Waals surface area contributed by atoms with Gasteiger partial charge in [-0.3, -0.25) is 0 Å². The maximum atomic E-state index is 13.0. The van der Waals surface area contributed by atoms with E-state index in [4.69, 9.17) is 11.6 Å². The van der Waals surface area contributed by atoms with Crippen LogP contribution >= 0.6 is 11.6 Å². The van der Waals surface area contributed by atoms with E-state index in [1.807, 2.05) is 6.92 Å². The minimum Gasteiger partial charge on any atom is -0.385 e. The number of rotatable bonds is 3. The number of aliphatic hydroxyl groups is 1. The molecule has 0 bridgehead atoms. The molecule has 0 aliphatic heterocycles. The van der Waals surface area contributed by atoms with Crippen molar-refractivity contribution in [1.29, 1.82) is 0 Å². The van der Waals surface area contributed by atoms with Crippen molar-refractivity contribution in [3.05, 3.63) is 34.6 Å². The molecular weight excluding hydrogens is 203 g/mol. The molecule has 0 fully saturated rings. The zero-order chi connectivity index (χ0) is 10.8. The van der Waals surface area contributed by atoms with Crippen LogP contribution in [0.3, 0.4) is 0 Å². The van der Waals surface area contributed by atoms with Gasteiger partial charge < -0.3 is 5.11 Å². The maximum absolute atomic E-state index is 13.0. The summed E-state index contributed by atoms with van der Waals surface area (Å²) in [5.74, 6) is -0.413. The Morgan fingerprint density at radius 2 is 2.07 bits per heavy atom. The fraction of sp³-hybridized carbons (Fsp3) is 0.455. The van der Waals surface area contributed by atoms with E-state index in [-0.39, 0.29) is 0 Å². The lowest BCUT2D eigenvalue weighted by molar-refractivity contribution is 0.0466. The zero-order valence-corrected chi connectivity index (χ0v) is 9.11. The molecular formula is C11H14ClFO. The Labute approximate surface area is 88.5 Å². The molecule has 0 aromatic heterocycles. The molecule has 1 N–H and O–H groups in total. The van der Waals surface area contributed by atoms with Crippen molar-refractivity contribution in [2.24, 2.45) is 0 Å². The molecule has 1 aromatic rings. The number of halogens is 2. The van der Waals surface area contributed by atoms with Gasteiger partial charge in [0.25, 0.3) is 0 Å². The lowest BCUT2D eigenvalue weighted by Gasteiger charge is -2.23. The highest BCUT2D eigenvalue weighted by Crippen LogP contribution is 2.28. The van der Waals surface area contributed by atoms with E-state index in [1.165, 1.54) is 12.1 Å². The fourth-order valence-corrected chi connectivity index (χ4v) is 1.72. The van der Waals surface area contributed by atoms with Gasteiger partial charge in [-0.1, -0.05) is 24.9 Å². The second-order valence-electron chi connectivity index (χ2n) is 3.68. The first-order valence-corrected chi connectivity index (χ1v) is 5.02. The fourth-order valence-electron chi connectivity index (χ4n) is 1.50. The van der Waals surface area contributed by atoms with Gasteiger partial charge in [-0.05, 0) is 37.1 Å². The Balaban J connectivity index is 3.05. The Morgan fingerprint density at radius 1 is 1.43 bits per heavy atom. The van der Waals surface area contributed by atoms with Crippen LogP contribution < -0.4 is 0 Å². The van der Waals surface area contributed by atoms with Crippen LogP contribution in [0.1, 0.15) is 32.3 Å². The summed E-state index contributed by atoms with van der Waals surface area (Å²) in [6, 6.07) is 4.15. The van der Waals surface area contributed by atoms with E-state index in [0.29, 0.717) is 17.0 Å². The Kier molecular flexibility index (Phi) is 3.51. The quantitative estimate of drug-likeness (QED) is 0.820. The molecule has 0 heterocycles. The highest BCUT2D eigenvalue weighted by atomic mass is 35.5. The molecule has 0 unspecified atom stereocenters. The number of benzene rings is 1. The first kappa shape index (κ1) is 11.5. The van der Waals surface area contributed by atoms with Crippen molar-refractivity contribution >= 4 is 11.6 Å². The predicted octanol–water partition coefficient (Wildman–Crippen LogP) is 3.49. The summed E-state index contributed by atoms with van der Waals surface area (Å²) in [5.41, 5.74) is -0.468. The molecule has 0 saturated carbocycles. The predicted molar refractivity (Wildman–Crippen MR) is 55.9 cm³/mol. The highest BCUT2D eigenvalue weighted by molar-refractivity contribution is 6.30. The van der Waals surface area contributed by atoms with Crippen molar-refractivity contribution in [2.75, 3.05) is 0 Å². The van der Waals surface area contributed by atoms with Gasteiger partial charge >= 0.3 is 0 Å². The summed E-state index contributed by atoms with van der Waals surface area (Å²) in [4.78, 5) is 0. The van der Waals surface area contributed by atoms with Crippen LogP contribution in [0.15, 0.2) is 18.2 Å². The lowest BCUT2D eigenvalue weighted by atomic mass is 9.91. The molecule has 1 atom stereocenters. The van der Waals surface area contributed by atoms with Gasteiger partial charge in [0.1, 0.15) is 5.82 Å². The summed E-state index contributed by atoms with van der Waals surface area (Å²) < 4.78 is 13.0. The van der Waals surface area contributed by atoms with E-state index in [2.05, 4.69) is 0 Å². The van der Waals surface area contributed by atoms with Crippen LogP contribution in [0.25, 0.3) is 0 Å². The zero-order valence-electron chi connectivity index (χ0n) is 8.35. The molecule has 0 radical (unpaired) electrons. The van der Waals surface area contributed by atoms with Gasteiger partial charge in [-0.25, -0.2) is 4.39 Å². The van der Waals surface area contributed by atoms with Gasteiger partial charge in [-0.2, -0.15) is 0 Å². The SMILES string of the molecule is CCC[C@](C)(O)c1cc(F)cc(Cl)c1. The Hall–Kier alpha value is -0.600.